The van der Waals surface area contributed by atoms with Crippen LogP contribution in [0, 0.1) is 0 Å². The van der Waals surface area contributed by atoms with E-state index < -0.39 is 0 Å². The monoisotopic (exact) mass is 327 g/mol. The third-order valence-corrected chi connectivity index (χ3v) is 3.46. The van der Waals surface area contributed by atoms with Gasteiger partial charge in [0.2, 0.25) is 5.91 Å². The number of anilines is 1. The van der Waals surface area contributed by atoms with Gasteiger partial charge in [0.25, 0.3) is 0 Å². The van der Waals surface area contributed by atoms with Gasteiger partial charge in [0.15, 0.2) is 11.5 Å². The highest BCUT2D eigenvalue weighted by molar-refractivity contribution is 6.01. The summed E-state index contributed by atoms with van der Waals surface area (Å²) in [6, 6.07) is 12.8. The zero-order chi connectivity index (χ0) is 17.4. The molecule has 5 heteroatoms. The van der Waals surface area contributed by atoms with E-state index in [1.807, 2.05) is 30.3 Å². The third-order valence-electron chi connectivity index (χ3n) is 3.46. The fraction of sp³-hybridized carbons (Fsp3) is 0.211. The van der Waals surface area contributed by atoms with E-state index in [2.05, 4.69) is 5.32 Å². The van der Waals surface area contributed by atoms with Gasteiger partial charge in [0, 0.05) is 18.4 Å². The average Bonchev–Trinajstić information content (AvgIpc) is 2.61. The molecule has 0 fully saturated rings. The Morgan fingerprint density at radius 2 is 1.79 bits per heavy atom. The molecule has 0 spiro atoms. The van der Waals surface area contributed by atoms with Crippen LogP contribution in [0.4, 0.5) is 5.69 Å². The molecule has 0 heterocycles. The molecule has 0 aromatic heterocycles. The second-order valence-electron chi connectivity index (χ2n) is 5.11. The summed E-state index contributed by atoms with van der Waals surface area (Å²) in [5, 5.41) is 11.7. The quantitative estimate of drug-likeness (QED) is 0.767. The summed E-state index contributed by atoms with van der Waals surface area (Å²) < 4.78 is 10.4. The number of methoxy groups -OCH3 is 2. The molecular weight excluding hydrogens is 306 g/mol. The molecule has 2 aromatic rings. The first-order chi connectivity index (χ1) is 11.7. The molecule has 0 saturated carbocycles. The van der Waals surface area contributed by atoms with Gasteiger partial charge in [-0.15, -0.1) is 0 Å². The molecule has 0 bridgehead atoms. The number of hydrogen-bond donors (Lipinski definition) is 2. The van der Waals surface area contributed by atoms with Gasteiger partial charge in [-0.05, 0) is 47.9 Å². The van der Waals surface area contributed by atoms with Crippen LogP contribution in [0.1, 0.15) is 11.1 Å². The van der Waals surface area contributed by atoms with Crippen LogP contribution in [0.15, 0.2) is 48.5 Å². The minimum atomic E-state index is -0.223. The van der Waals surface area contributed by atoms with Crippen molar-refractivity contribution >= 4 is 17.7 Å². The molecule has 0 saturated heterocycles. The number of carbonyl (C=O) groups is 1. The van der Waals surface area contributed by atoms with Gasteiger partial charge in [-0.1, -0.05) is 18.2 Å². The van der Waals surface area contributed by atoms with Crippen LogP contribution in [0.3, 0.4) is 0 Å². The summed E-state index contributed by atoms with van der Waals surface area (Å²) in [5.41, 5.74) is 2.57. The molecule has 0 aliphatic rings. The second kappa shape index (κ2) is 8.74. The lowest BCUT2D eigenvalue weighted by molar-refractivity contribution is -0.111. The topological polar surface area (TPSA) is 67.8 Å². The maximum atomic E-state index is 12.0. The Morgan fingerprint density at radius 3 is 2.42 bits per heavy atom. The molecule has 0 aliphatic heterocycles. The molecule has 0 radical (unpaired) electrons. The minimum absolute atomic E-state index is 0.111. The average molecular weight is 327 g/mol. The van der Waals surface area contributed by atoms with E-state index in [9.17, 15) is 4.79 Å². The van der Waals surface area contributed by atoms with E-state index in [4.69, 9.17) is 14.6 Å². The van der Waals surface area contributed by atoms with E-state index in [1.54, 1.807) is 32.4 Å². The fourth-order valence-corrected chi connectivity index (χ4v) is 2.20. The van der Waals surface area contributed by atoms with Crippen molar-refractivity contribution in [2.45, 2.75) is 6.42 Å². The molecule has 2 aromatic carbocycles. The zero-order valence-electron chi connectivity index (χ0n) is 13.8. The van der Waals surface area contributed by atoms with Gasteiger partial charge in [-0.25, -0.2) is 0 Å². The largest absolute Gasteiger partial charge is 0.493 e. The van der Waals surface area contributed by atoms with Crippen molar-refractivity contribution in [1.29, 1.82) is 0 Å². The molecule has 0 aliphatic carbocycles. The number of nitrogens with one attached hydrogen (secondary N) is 1. The summed E-state index contributed by atoms with van der Waals surface area (Å²) in [4.78, 5) is 12.0. The zero-order valence-corrected chi connectivity index (χ0v) is 13.8. The number of benzene rings is 2. The third kappa shape index (κ3) is 4.86. The maximum Gasteiger partial charge on any atom is 0.248 e. The smallest absolute Gasteiger partial charge is 0.248 e. The van der Waals surface area contributed by atoms with Crippen molar-refractivity contribution in [2.75, 3.05) is 26.1 Å². The van der Waals surface area contributed by atoms with Gasteiger partial charge < -0.3 is 19.9 Å². The SMILES string of the molecule is COc1ccc(/C=C/C(=O)Nc2ccc(CCO)cc2)cc1OC. The fourth-order valence-electron chi connectivity index (χ4n) is 2.20. The van der Waals surface area contributed by atoms with Gasteiger partial charge in [0.1, 0.15) is 0 Å². The van der Waals surface area contributed by atoms with Gasteiger partial charge >= 0.3 is 0 Å². The van der Waals surface area contributed by atoms with Crippen molar-refractivity contribution in [3.8, 4) is 11.5 Å². The standard InChI is InChI=1S/C19H21NO4/c1-23-17-9-5-15(13-18(17)24-2)6-10-19(22)20-16-7-3-14(4-8-16)11-12-21/h3-10,13,21H,11-12H2,1-2H3,(H,20,22)/b10-6+. The minimum Gasteiger partial charge on any atom is -0.493 e. The van der Waals surface area contributed by atoms with E-state index >= 15 is 0 Å². The van der Waals surface area contributed by atoms with E-state index in [-0.39, 0.29) is 12.5 Å². The molecule has 0 unspecified atom stereocenters. The summed E-state index contributed by atoms with van der Waals surface area (Å²) in [6.07, 6.45) is 3.77. The first-order valence-electron chi connectivity index (χ1n) is 7.57. The number of hydrogen-bond acceptors (Lipinski definition) is 4. The molecule has 126 valence electrons. The van der Waals surface area contributed by atoms with Gasteiger partial charge in [0.05, 0.1) is 14.2 Å². The predicted octanol–water partition coefficient (Wildman–Crippen LogP) is 2.89. The van der Waals surface area contributed by atoms with Crippen LogP contribution < -0.4 is 14.8 Å². The number of rotatable bonds is 7. The Labute approximate surface area is 141 Å². The van der Waals surface area contributed by atoms with Crippen LogP contribution in [-0.2, 0) is 11.2 Å². The molecule has 0 atom stereocenters. The Balaban J connectivity index is 1.99. The highest BCUT2D eigenvalue weighted by Crippen LogP contribution is 2.27. The van der Waals surface area contributed by atoms with Crippen molar-refractivity contribution in [3.63, 3.8) is 0 Å². The van der Waals surface area contributed by atoms with Crippen molar-refractivity contribution < 1.29 is 19.4 Å². The van der Waals surface area contributed by atoms with E-state index in [1.165, 1.54) is 6.08 Å². The Morgan fingerprint density at radius 1 is 1.08 bits per heavy atom. The molecule has 2 N–H and O–H groups in total. The Hall–Kier alpha value is -2.79. The predicted molar refractivity (Wildman–Crippen MR) is 94.4 cm³/mol. The Kier molecular flexibility index (Phi) is 6.40. The summed E-state index contributed by atoms with van der Waals surface area (Å²) in [6.45, 7) is 0.111. The normalized spacial score (nSPS) is 10.6. The number of amides is 1. The summed E-state index contributed by atoms with van der Waals surface area (Å²) in [5.74, 6) is 1.03. The highest BCUT2D eigenvalue weighted by Gasteiger charge is 2.03. The number of carbonyl (C=O) groups excluding carboxylic acids is 1. The number of aliphatic hydroxyl groups excluding tert-OH is 1. The second-order valence-corrected chi connectivity index (χ2v) is 5.11. The lowest BCUT2D eigenvalue weighted by Crippen LogP contribution is -2.07. The van der Waals surface area contributed by atoms with Crippen LogP contribution in [0.2, 0.25) is 0 Å². The van der Waals surface area contributed by atoms with Gasteiger partial charge in [-0.2, -0.15) is 0 Å². The van der Waals surface area contributed by atoms with E-state index in [0.717, 1.165) is 11.1 Å². The van der Waals surface area contributed by atoms with E-state index in [0.29, 0.717) is 23.6 Å². The lowest BCUT2D eigenvalue weighted by atomic mass is 10.1. The summed E-state index contributed by atoms with van der Waals surface area (Å²) in [7, 11) is 3.14. The van der Waals surface area contributed by atoms with Crippen LogP contribution >= 0.6 is 0 Å². The summed E-state index contributed by atoms with van der Waals surface area (Å²) >= 11 is 0. The molecule has 1 amide bonds. The first-order valence-corrected chi connectivity index (χ1v) is 7.57. The molecule has 5 nitrogen and oxygen atoms in total. The molecule has 24 heavy (non-hydrogen) atoms. The van der Waals surface area contributed by atoms with Crippen LogP contribution in [-0.4, -0.2) is 31.8 Å². The first kappa shape index (κ1) is 17.6. The number of aliphatic hydroxyl groups is 1. The van der Waals surface area contributed by atoms with Crippen LogP contribution in [0.5, 0.6) is 11.5 Å². The Bertz CT molecular complexity index is 708. The van der Waals surface area contributed by atoms with Crippen molar-refractivity contribution in [3.05, 3.63) is 59.7 Å². The van der Waals surface area contributed by atoms with Crippen molar-refractivity contribution in [2.24, 2.45) is 0 Å². The van der Waals surface area contributed by atoms with Crippen molar-refractivity contribution in [1.82, 2.24) is 0 Å². The highest BCUT2D eigenvalue weighted by atomic mass is 16.5. The number of ether oxygens (including phenoxy) is 2. The van der Waals surface area contributed by atoms with Gasteiger partial charge in [-0.3, -0.25) is 4.79 Å². The maximum absolute atomic E-state index is 12.0. The molecule has 2 rings (SSSR count). The van der Waals surface area contributed by atoms with Crippen LogP contribution in [0.25, 0.3) is 6.08 Å². The lowest BCUT2D eigenvalue weighted by Gasteiger charge is -2.07. The molecular formula is C19H21NO4.